The van der Waals surface area contributed by atoms with Gasteiger partial charge in [-0.25, -0.2) is 0 Å². The molecule has 20 heavy (non-hydrogen) atoms. The van der Waals surface area contributed by atoms with Crippen LogP contribution in [0.5, 0.6) is 6.01 Å². The van der Waals surface area contributed by atoms with Crippen LogP contribution in [-0.4, -0.2) is 51.6 Å². The molecule has 6 nitrogen and oxygen atoms in total. The van der Waals surface area contributed by atoms with Crippen molar-refractivity contribution in [1.29, 1.82) is 0 Å². The number of ether oxygens (including phenoxy) is 1. The van der Waals surface area contributed by atoms with Crippen molar-refractivity contribution in [2.75, 3.05) is 25.0 Å². The first-order chi connectivity index (χ1) is 9.60. The largest absolute Gasteiger partial charge is 0.461 e. The van der Waals surface area contributed by atoms with Crippen LogP contribution in [0.1, 0.15) is 26.7 Å². The zero-order valence-electron chi connectivity index (χ0n) is 11.8. The van der Waals surface area contributed by atoms with Gasteiger partial charge in [-0.1, -0.05) is 0 Å². The molecule has 3 aliphatic heterocycles. The molecule has 4 rings (SSSR count). The molecule has 3 saturated heterocycles. The lowest BCUT2D eigenvalue weighted by atomic mass is 9.84. The predicted octanol–water partition coefficient (Wildman–Crippen LogP) is 1.82. The van der Waals surface area contributed by atoms with E-state index in [-0.39, 0.29) is 17.4 Å². The van der Waals surface area contributed by atoms with Crippen LogP contribution in [0.15, 0.2) is 0 Å². The van der Waals surface area contributed by atoms with Crippen LogP contribution < -0.4 is 10.1 Å². The minimum atomic E-state index is 0.0121. The van der Waals surface area contributed by atoms with Crippen molar-refractivity contribution in [1.82, 2.24) is 19.9 Å². The van der Waals surface area contributed by atoms with Crippen LogP contribution in [0.25, 0.3) is 0 Å². The molecule has 0 amide bonds. The molecule has 110 valence electrons. The Kier molecular flexibility index (Phi) is 3.94. The van der Waals surface area contributed by atoms with E-state index < -0.39 is 0 Å². The van der Waals surface area contributed by atoms with Gasteiger partial charge in [0.15, 0.2) is 0 Å². The highest BCUT2D eigenvalue weighted by Gasteiger charge is 2.34. The first kappa shape index (κ1) is 13.8. The second-order valence-corrected chi connectivity index (χ2v) is 6.10. The average Bonchev–Trinajstić information content (AvgIpc) is 2.38. The molecule has 3 fully saturated rings. The van der Waals surface area contributed by atoms with Crippen molar-refractivity contribution in [2.45, 2.75) is 38.8 Å². The number of nitrogens with one attached hydrogen (secondary N) is 1. The number of anilines is 1. The summed E-state index contributed by atoms with van der Waals surface area (Å²) < 4.78 is 5.49. The van der Waals surface area contributed by atoms with E-state index >= 15 is 0 Å². The summed E-state index contributed by atoms with van der Waals surface area (Å²) in [6, 6.07) is 0.673. The van der Waals surface area contributed by atoms with Crippen molar-refractivity contribution in [3.63, 3.8) is 0 Å². The van der Waals surface area contributed by atoms with Crippen molar-refractivity contribution < 1.29 is 4.74 Å². The summed E-state index contributed by atoms with van der Waals surface area (Å²) in [5.74, 6) is 1.21. The first-order valence-corrected chi connectivity index (χ1v) is 7.55. The fraction of sp³-hybridized carbons (Fsp3) is 0.769. The van der Waals surface area contributed by atoms with E-state index in [4.69, 9.17) is 16.3 Å². The van der Waals surface area contributed by atoms with Crippen LogP contribution in [0.4, 0.5) is 5.95 Å². The molecule has 0 aromatic carbocycles. The lowest BCUT2D eigenvalue weighted by Crippen LogP contribution is -2.53. The predicted molar refractivity (Wildman–Crippen MR) is 77.2 cm³/mol. The summed E-state index contributed by atoms with van der Waals surface area (Å²) in [4.78, 5) is 14.9. The summed E-state index contributed by atoms with van der Waals surface area (Å²) in [6.07, 6.45) is 2.50. The maximum Gasteiger partial charge on any atom is 0.322 e. The normalized spacial score (nSPS) is 28.7. The molecule has 3 aliphatic rings. The number of rotatable bonds is 4. The summed E-state index contributed by atoms with van der Waals surface area (Å²) in [5, 5.41) is 3.56. The van der Waals surface area contributed by atoms with Crippen LogP contribution in [-0.2, 0) is 0 Å². The minimum absolute atomic E-state index is 0.0121. The molecule has 1 aromatic heterocycles. The number of nitrogens with zero attached hydrogens (tertiary/aromatic N) is 4. The lowest BCUT2D eigenvalue weighted by molar-refractivity contribution is 0.0971. The molecular weight excluding hydrogens is 278 g/mol. The maximum absolute atomic E-state index is 5.94. The van der Waals surface area contributed by atoms with Gasteiger partial charge in [0.1, 0.15) is 0 Å². The molecule has 0 spiro atoms. The molecule has 4 heterocycles. The molecule has 0 saturated carbocycles. The lowest BCUT2D eigenvalue weighted by Gasteiger charge is -2.44. The molecule has 7 heteroatoms. The van der Waals surface area contributed by atoms with E-state index in [2.05, 4.69) is 25.2 Å². The van der Waals surface area contributed by atoms with E-state index in [1.165, 1.54) is 25.9 Å². The van der Waals surface area contributed by atoms with Gasteiger partial charge in [-0.3, -0.25) is 0 Å². The van der Waals surface area contributed by atoms with Gasteiger partial charge >= 0.3 is 6.01 Å². The van der Waals surface area contributed by atoms with E-state index in [1.54, 1.807) is 0 Å². The SMILES string of the molecule is CC(C)Oc1nc(Cl)nc(NC2CN3CCC2CC3)n1. The fourth-order valence-corrected chi connectivity index (χ4v) is 3.11. The van der Waals surface area contributed by atoms with Crippen molar-refractivity contribution >= 4 is 17.5 Å². The Hall–Kier alpha value is -1.14. The zero-order valence-corrected chi connectivity index (χ0v) is 12.6. The van der Waals surface area contributed by atoms with E-state index in [0.29, 0.717) is 17.9 Å². The van der Waals surface area contributed by atoms with Gasteiger partial charge in [-0.05, 0) is 57.3 Å². The van der Waals surface area contributed by atoms with Gasteiger partial charge in [-0.15, -0.1) is 0 Å². The number of piperidine rings is 3. The maximum atomic E-state index is 5.94. The van der Waals surface area contributed by atoms with Gasteiger partial charge in [-0.2, -0.15) is 15.0 Å². The molecule has 1 aromatic rings. The van der Waals surface area contributed by atoms with Crippen molar-refractivity contribution in [3.05, 3.63) is 5.28 Å². The number of hydrogen-bond acceptors (Lipinski definition) is 6. The van der Waals surface area contributed by atoms with Gasteiger partial charge in [0.2, 0.25) is 11.2 Å². The number of hydrogen-bond donors (Lipinski definition) is 1. The first-order valence-electron chi connectivity index (χ1n) is 7.17. The number of halogens is 1. The van der Waals surface area contributed by atoms with Crippen LogP contribution in [0, 0.1) is 5.92 Å². The van der Waals surface area contributed by atoms with Gasteiger partial charge < -0.3 is 15.0 Å². The van der Waals surface area contributed by atoms with Crippen molar-refractivity contribution in [2.24, 2.45) is 5.92 Å². The topological polar surface area (TPSA) is 63.2 Å². The Balaban J connectivity index is 1.72. The molecule has 1 N–H and O–H groups in total. The summed E-state index contributed by atoms with van der Waals surface area (Å²) in [7, 11) is 0. The Labute approximate surface area is 123 Å². The van der Waals surface area contributed by atoms with Gasteiger partial charge in [0.25, 0.3) is 0 Å². The second-order valence-electron chi connectivity index (χ2n) is 5.77. The van der Waals surface area contributed by atoms with E-state index in [9.17, 15) is 0 Å². The number of aromatic nitrogens is 3. The highest BCUT2D eigenvalue weighted by atomic mass is 35.5. The Morgan fingerprint density at radius 2 is 2.00 bits per heavy atom. The Morgan fingerprint density at radius 1 is 1.25 bits per heavy atom. The highest BCUT2D eigenvalue weighted by Crippen LogP contribution is 2.29. The summed E-state index contributed by atoms with van der Waals surface area (Å²) in [5.41, 5.74) is 0. The Bertz CT molecular complexity index is 476. The quantitative estimate of drug-likeness (QED) is 0.914. The van der Waals surface area contributed by atoms with Gasteiger partial charge in [0.05, 0.1) is 6.10 Å². The zero-order chi connectivity index (χ0) is 14.1. The number of fused-ring (bicyclic) bond motifs is 3. The molecule has 1 unspecified atom stereocenters. The van der Waals surface area contributed by atoms with Crippen LogP contribution >= 0.6 is 11.6 Å². The van der Waals surface area contributed by atoms with Crippen molar-refractivity contribution in [3.8, 4) is 6.01 Å². The Morgan fingerprint density at radius 3 is 2.60 bits per heavy atom. The molecule has 0 radical (unpaired) electrons. The highest BCUT2D eigenvalue weighted by molar-refractivity contribution is 6.28. The third-order valence-electron chi connectivity index (χ3n) is 3.90. The molecule has 2 bridgehead atoms. The molecule has 1 atom stereocenters. The smallest absolute Gasteiger partial charge is 0.322 e. The minimum Gasteiger partial charge on any atom is -0.461 e. The fourth-order valence-electron chi connectivity index (χ4n) is 2.95. The summed E-state index contributed by atoms with van der Waals surface area (Å²) >= 11 is 5.94. The molecular formula is C13H20ClN5O. The standard InChI is InChI=1S/C13H20ClN5O/c1-8(2)20-13-17-11(14)16-12(18-13)15-10-7-19-5-3-9(10)4-6-19/h8-10H,3-7H2,1-2H3,(H,15,16,17,18). The van der Waals surface area contributed by atoms with E-state index in [1.807, 2.05) is 13.8 Å². The van der Waals surface area contributed by atoms with Crippen LogP contribution in [0.3, 0.4) is 0 Å². The second kappa shape index (κ2) is 5.69. The van der Waals surface area contributed by atoms with E-state index in [0.717, 1.165) is 6.54 Å². The van der Waals surface area contributed by atoms with Crippen LogP contribution in [0.2, 0.25) is 5.28 Å². The monoisotopic (exact) mass is 297 g/mol. The van der Waals surface area contributed by atoms with Gasteiger partial charge in [0, 0.05) is 12.6 Å². The summed E-state index contributed by atoms with van der Waals surface area (Å²) in [6.45, 7) is 7.33. The molecule has 0 aliphatic carbocycles. The average molecular weight is 298 g/mol. The third kappa shape index (κ3) is 3.12. The third-order valence-corrected chi connectivity index (χ3v) is 4.07.